The minimum absolute atomic E-state index is 0.114. The Morgan fingerprint density at radius 3 is 1.08 bits per heavy atom. The third-order valence-corrected chi connectivity index (χ3v) is 12.3. The highest BCUT2D eigenvalue weighted by Gasteiger charge is 2.89. The maximum Gasteiger partial charge on any atom is 0.384 e. The van der Waals surface area contributed by atoms with Crippen LogP contribution < -0.4 is 0 Å². The number of fused-ring (bicyclic) bond motifs is 3. The molecule has 1 aliphatic carbocycles. The van der Waals surface area contributed by atoms with Gasteiger partial charge in [-0.3, -0.25) is 28.6 Å². The molecule has 0 fully saturated rings. The van der Waals surface area contributed by atoms with Crippen LogP contribution in [0.1, 0.15) is 16.7 Å². The highest BCUT2D eigenvalue weighted by atomic mass is 32.2. The predicted octanol–water partition coefficient (Wildman–Crippen LogP) is 11.1. The van der Waals surface area contributed by atoms with Crippen molar-refractivity contribution < 1.29 is 146 Å². The summed E-state index contributed by atoms with van der Waals surface area (Å²) in [5.74, 6) is -78.6. The molecule has 3 aromatic rings. The monoisotopic (exact) mass is 1150 g/mol. The van der Waals surface area contributed by atoms with Crippen molar-refractivity contribution in [1.82, 2.24) is 0 Å². The lowest BCUT2D eigenvalue weighted by Gasteiger charge is -2.38. The van der Waals surface area contributed by atoms with Crippen LogP contribution in [0.3, 0.4) is 0 Å². The molecular weight excluding hydrogens is 1130 g/mol. The molecule has 1 aliphatic rings. The van der Waals surface area contributed by atoms with E-state index in [9.17, 15) is 148 Å². The van der Waals surface area contributed by atoms with Crippen molar-refractivity contribution in [3.63, 3.8) is 0 Å². The fourth-order valence-electron chi connectivity index (χ4n) is 5.93. The summed E-state index contributed by atoms with van der Waals surface area (Å²) in [5.41, 5.74) is -10.5. The third-order valence-electron chi connectivity index (χ3n) is 9.86. The number of aromatic hydroxyl groups is 1. The maximum atomic E-state index is 14.6. The molecule has 0 aliphatic heterocycles. The molecular formula is C34H16F24N2O11S2. The predicted molar refractivity (Wildman–Crippen MR) is 188 cm³/mol. The van der Waals surface area contributed by atoms with Crippen molar-refractivity contribution in [3.8, 4) is 16.9 Å². The minimum atomic E-state index is -8.23. The summed E-state index contributed by atoms with van der Waals surface area (Å²) in [6, 6.07) is 2.13. The van der Waals surface area contributed by atoms with Gasteiger partial charge in [0.2, 0.25) is 0 Å². The van der Waals surface area contributed by atoms with Crippen LogP contribution in [0.4, 0.5) is 117 Å². The highest BCUT2D eigenvalue weighted by Crippen LogP contribution is 2.61. The molecule has 0 atom stereocenters. The molecule has 39 heteroatoms. The molecule has 1 N–H and O–H groups in total. The number of rotatable bonds is 21. The first kappa shape index (κ1) is 59.7. The second-order valence-corrected chi connectivity index (χ2v) is 17.8. The van der Waals surface area contributed by atoms with Crippen molar-refractivity contribution in [1.29, 1.82) is 0 Å². The van der Waals surface area contributed by atoms with E-state index in [-0.39, 0.29) is 12.1 Å². The van der Waals surface area contributed by atoms with Crippen LogP contribution in [0.5, 0.6) is 5.75 Å². The second-order valence-electron chi connectivity index (χ2n) is 14.5. The van der Waals surface area contributed by atoms with Gasteiger partial charge in [0.25, 0.3) is 31.6 Å². The zero-order valence-corrected chi connectivity index (χ0v) is 35.2. The van der Waals surface area contributed by atoms with Gasteiger partial charge < -0.3 is 5.11 Å². The summed E-state index contributed by atoms with van der Waals surface area (Å²) in [7, 11) is -13.2. The van der Waals surface area contributed by atoms with Crippen LogP contribution >= 0.6 is 0 Å². The van der Waals surface area contributed by atoms with Gasteiger partial charge in [0.1, 0.15) is 28.8 Å². The smallest absolute Gasteiger partial charge is 0.384 e. The summed E-state index contributed by atoms with van der Waals surface area (Å²) < 4.78 is 389. The third kappa shape index (κ3) is 9.40. The zero-order valence-electron chi connectivity index (χ0n) is 33.6. The maximum absolute atomic E-state index is 14.6. The van der Waals surface area contributed by atoms with Crippen LogP contribution in [0.15, 0.2) is 58.3 Å². The summed E-state index contributed by atoms with van der Waals surface area (Å²) in [5, 5.41) is 34.4. The second kappa shape index (κ2) is 18.2. The first-order valence-corrected chi connectivity index (χ1v) is 20.6. The van der Waals surface area contributed by atoms with E-state index in [1.54, 1.807) is 0 Å². The number of alkyl halides is 24. The quantitative estimate of drug-likeness (QED) is 0.0361. The van der Waals surface area contributed by atoms with Gasteiger partial charge >= 0.3 is 72.1 Å². The Hall–Kier alpha value is -5.86. The van der Waals surface area contributed by atoms with E-state index < -0.39 is 188 Å². The summed E-state index contributed by atoms with van der Waals surface area (Å²) in [6.07, 6.45) is -11.4. The van der Waals surface area contributed by atoms with E-state index in [0.29, 0.717) is 6.08 Å². The fourth-order valence-corrected chi connectivity index (χ4v) is 7.85. The normalized spacial score (nSPS) is 15.0. The average Bonchev–Trinajstić information content (AvgIpc) is 3.57. The number of benzene rings is 3. The first-order chi connectivity index (χ1) is 32.5. The Kier molecular flexibility index (Phi) is 14.9. The van der Waals surface area contributed by atoms with Gasteiger partial charge in [-0.1, -0.05) is 12.1 Å². The molecule has 0 radical (unpaired) electrons. The van der Waals surface area contributed by atoms with E-state index >= 15 is 0 Å². The van der Waals surface area contributed by atoms with Crippen LogP contribution in [0, 0.1) is 20.2 Å². The van der Waals surface area contributed by atoms with Crippen LogP contribution in [0.2, 0.25) is 0 Å². The Labute approximate surface area is 386 Å². The Morgan fingerprint density at radius 2 is 0.808 bits per heavy atom. The van der Waals surface area contributed by atoms with Crippen LogP contribution in [-0.4, -0.2) is 117 Å². The molecule has 0 spiro atoms. The van der Waals surface area contributed by atoms with Crippen LogP contribution in [0.25, 0.3) is 22.8 Å². The Bertz CT molecular complexity index is 2780. The molecule has 73 heavy (non-hydrogen) atoms. The van der Waals surface area contributed by atoms with Crippen molar-refractivity contribution in [2.24, 2.45) is 0 Å². The van der Waals surface area contributed by atoms with Gasteiger partial charge in [0.05, 0.1) is 21.0 Å². The lowest BCUT2D eigenvalue weighted by Crippen LogP contribution is -2.69. The van der Waals surface area contributed by atoms with Gasteiger partial charge in [0, 0.05) is 12.1 Å². The van der Waals surface area contributed by atoms with Gasteiger partial charge in [-0.15, -0.1) is 0 Å². The van der Waals surface area contributed by atoms with Gasteiger partial charge in [-0.05, 0) is 52.6 Å². The molecule has 0 aromatic heterocycles. The van der Waals surface area contributed by atoms with Crippen molar-refractivity contribution >= 4 is 43.3 Å². The SMILES string of the molecule is O=[N+]([O-])c1cc(S(=O)(=O)OCC(F)(F)C(F)(F)C(F)(F)C(F)(F)C(F)(F)C(F)F)cc2c1-c1c(cc(S(=O)(=O)OCC(F)(F)C(F)(F)C(F)(F)C(F)(F)C(F)(F)C(F)F)cc1[N+](=O)[O-])C2=Cc1ccc(O)cc1. The molecule has 0 amide bonds. The zero-order chi connectivity index (χ0) is 56.9. The number of phenols is 1. The van der Waals surface area contributed by atoms with Crippen molar-refractivity contribution in [2.45, 2.75) is 81.9 Å². The molecule has 408 valence electrons. The van der Waals surface area contributed by atoms with Gasteiger partial charge in [-0.2, -0.15) is 105 Å². The summed E-state index contributed by atoms with van der Waals surface area (Å²) >= 11 is 0. The first-order valence-electron chi connectivity index (χ1n) is 17.8. The van der Waals surface area contributed by atoms with Crippen LogP contribution in [-0.2, 0) is 28.6 Å². The Balaban J connectivity index is 1.93. The van der Waals surface area contributed by atoms with Gasteiger partial charge in [0.15, 0.2) is 0 Å². The van der Waals surface area contributed by atoms with Crippen molar-refractivity contribution in [2.75, 3.05) is 13.2 Å². The lowest BCUT2D eigenvalue weighted by atomic mass is 9.95. The number of hydrogen-bond donors (Lipinski definition) is 1. The Morgan fingerprint density at radius 1 is 0.507 bits per heavy atom. The topological polar surface area (TPSA) is 193 Å². The molecule has 0 bridgehead atoms. The molecule has 0 saturated heterocycles. The number of nitro benzene ring substituents is 2. The average molecular weight is 1150 g/mol. The number of halogens is 24. The highest BCUT2D eigenvalue weighted by molar-refractivity contribution is 7.87. The number of phenolic OH excluding ortho intramolecular Hbond substituents is 1. The molecule has 0 heterocycles. The summed E-state index contributed by atoms with van der Waals surface area (Å²) in [4.78, 5) is 17.1. The molecule has 0 unspecified atom stereocenters. The summed E-state index contributed by atoms with van der Waals surface area (Å²) in [6.45, 7) is -7.73. The number of hydrogen-bond acceptors (Lipinski definition) is 11. The van der Waals surface area contributed by atoms with Crippen molar-refractivity contribution in [3.05, 3.63) is 85.4 Å². The van der Waals surface area contributed by atoms with E-state index in [0.717, 1.165) is 24.3 Å². The van der Waals surface area contributed by atoms with E-state index in [1.165, 1.54) is 0 Å². The fraction of sp³-hybridized carbons (Fsp3) is 0.412. The van der Waals surface area contributed by atoms with E-state index in [1.807, 2.05) is 0 Å². The molecule has 3 aromatic carbocycles. The lowest BCUT2D eigenvalue weighted by molar-refractivity contribution is -0.414. The standard InChI is InChI=1S/C34H16F24N2O11S2/c35-23(36)27(43,44)31(51,52)33(55,56)29(47,48)25(39,40)10-70-72(66,67)14-6-17-16(5-12-1-3-13(61)4-2-12)18-7-15(9-20(60(64)65)22(18)21(17)19(8-14)59(62)63)73(68,69)71-11-26(41,42)30(49,50)34(57,58)32(53,54)28(45,46)24(37)38/h1-9,23-24,61H,10-11H2. The largest absolute Gasteiger partial charge is 0.508 e. The van der Waals surface area contributed by atoms with E-state index in [2.05, 4.69) is 8.37 Å². The minimum Gasteiger partial charge on any atom is -0.508 e. The van der Waals surface area contributed by atoms with E-state index in [4.69, 9.17) is 0 Å². The molecule has 4 rings (SSSR count). The van der Waals surface area contributed by atoms with Gasteiger partial charge in [-0.25, -0.2) is 17.6 Å². The molecule has 13 nitrogen and oxygen atoms in total. The molecule has 0 saturated carbocycles. The number of nitrogens with zero attached hydrogens (tertiary/aromatic N) is 2. The number of nitro groups is 2.